The van der Waals surface area contributed by atoms with Gasteiger partial charge in [-0.2, -0.15) is 0 Å². The number of nitrogens with zero attached hydrogens (tertiary/aromatic N) is 2. The Labute approximate surface area is 215 Å². The summed E-state index contributed by atoms with van der Waals surface area (Å²) in [6.45, 7) is 14.8. The Bertz CT molecular complexity index is 1770. The van der Waals surface area contributed by atoms with Gasteiger partial charge in [0.25, 0.3) is 0 Å². The fraction of sp³-hybridized carbons (Fsp3) is 0.333. The zero-order chi connectivity index (χ0) is 25.5. The van der Waals surface area contributed by atoms with Crippen LogP contribution in [0.1, 0.15) is 41.5 Å². The van der Waals surface area contributed by atoms with Crippen molar-refractivity contribution in [1.82, 2.24) is 9.13 Å². The van der Waals surface area contributed by atoms with Crippen LogP contribution in [0.3, 0.4) is 0 Å². The van der Waals surface area contributed by atoms with Crippen LogP contribution in [0.2, 0.25) is 16.6 Å². The molecule has 0 spiro atoms. The maximum atomic E-state index is 2.57. The molecule has 0 fully saturated rings. The number of benzene rings is 4. The fourth-order valence-electron chi connectivity index (χ4n) is 7.92. The molecule has 2 heterocycles. The van der Waals surface area contributed by atoms with E-state index in [2.05, 4.69) is 132 Å². The van der Waals surface area contributed by atoms with Crippen LogP contribution in [0.25, 0.3) is 54.1 Å². The minimum absolute atomic E-state index is 0.689. The lowest BCUT2D eigenvalue weighted by molar-refractivity contribution is 0.820. The summed E-state index contributed by atoms with van der Waals surface area (Å²) in [6.07, 6.45) is 2.16. The molecule has 4 aromatic carbocycles. The third-order valence-electron chi connectivity index (χ3n) is 9.39. The first-order chi connectivity index (χ1) is 17.2. The Morgan fingerprint density at radius 3 is 1.42 bits per heavy atom. The molecule has 0 saturated heterocycles. The third kappa shape index (κ3) is 2.90. The average Bonchev–Trinajstić information content (AvgIpc) is 3.38. The summed E-state index contributed by atoms with van der Waals surface area (Å²) in [5.74, 6) is 0. The van der Waals surface area contributed by atoms with Crippen molar-refractivity contribution >= 4 is 67.5 Å². The number of fused-ring (bicyclic) bond motifs is 9. The molecular weight excluding hydrogens is 452 g/mol. The second kappa shape index (κ2) is 7.98. The van der Waals surface area contributed by atoms with Crippen molar-refractivity contribution in [3.05, 3.63) is 66.9 Å². The summed E-state index contributed by atoms with van der Waals surface area (Å²) in [5.41, 5.74) is 4.72. The fourth-order valence-corrected chi connectivity index (χ4v) is 14.8. The van der Waals surface area contributed by atoms with Crippen molar-refractivity contribution in [3.63, 3.8) is 0 Å². The van der Waals surface area contributed by atoms with Gasteiger partial charge in [0.1, 0.15) is 8.07 Å². The van der Waals surface area contributed by atoms with E-state index < -0.39 is 8.07 Å². The predicted octanol–water partition coefficient (Wildman–Crippen LogP) is 9.02. The van der Waals surface area contributed by atoms with Crippen LogP contribution in [0.5, 0.6) is 0 Å². The van der Waals surface area contributed by atoms with Crippen molar-refractivity contribution < 1.29 is 0 Å². The molecule has 0 aliphatic carbocycles. The van der Waals surface area contributed by atoms with E-state index in [1.54, 1.807) is 5.32 Å². The molecule has 184 valence electrons. The molecule has 0 unspecified atom stereocenters. The second-order valence-electron chi connectivity index (χ2n) is 11.8. The molecule has 6 aromatic rings. The van der Waals surface area contributed by atoms with Crippen molar-refractivity contribution in [3.8, 4) is 0 Å². The molecule has 0 aliphatic heterocycles. The topological polar surface area (TPSA) is 9.86 Å². The molecule has 0 amide bonds. The zero-order valence-electron chi connectivity index (χ0n) is 23.0. The number of rotatable bonds is 4. The lowest BCUT2D eigenvalue weighted by atomic mass is 9.94. The minimum atomic E-state index is -1.77. The molecule has 0 aliphatic rings. The van der Waals surface area contributed by atoms with E-state index >= 15 is 0 Å². The zero-order valence-corrected chi connectivity index (χ0v) is 24.0. The van der Waals surface area contributed by atoms with Crippen LogP contribution >= 0.6 is 0 Å². The SMILES string of the molecule is CC(C)[Si](c1cc2c3ccc4c(ccc5c4ccc4c5ccn4C)c3ccc2n1C)(C(C)C)C(C)C. The third-order valence-corrected chi connectivity index (χ3v) is 16.5. The summed E-state index contributed by atoms with van der Waals surface area (Å²) < 4.78 is 4.75. The van der Waals surface area contributed by atoms with Gasteiger partial charge in [0.05, 0.1) is 0 Å². The monoisotopic (exact) mass is 490 g/mol. The summed E-state index contributed by atoms with van der Waals surface area (Å²) in [5, 5.41) is 12.5. The molecule has 0 bridgehead atoms. The van der Waals surface area contributed by atoms with Gasteiger partial charge in [-0.3, -0.25) is 0 Å². The molecule has 0 atom stereocenters. The van der Waals surface area contributed by atoms with Crippen LogP contribution in [-0.2, 0) is 14.1 Å². The smallest absolute Gasteiger partial charge is 0.115 e. The number of aromatic nitrogens is 2. The van der Waals surface area contributed by atoms with Gasteiger partial charge in [-0.25, -0.2) is 0 Å². The highest BCUT2D eigenvalue weighted by molar-refractivity contribution is 6.94. The standard InChI is InChI=1S/C33H38N2Si/c1-20(2)36(21(3)4,22(5)6)33-19-30-28-12-10-23-24(26(28)14-16-32(30)35(33)8)9-11-27-25(23)13-15-31-29(27)17-18-34(31)7/h9-22H,1-8H3. The summed E-state index contributed by atoms with van der Waals surface area (Å²) >= 11 is 0. The van der Waals surface area contributed by atoms with E-state index in [9.17, 15) is 0 Å². The number of hydrogen-bond donors (Lipinski definition) is 0. The predicted molar refractivity (Wildman–Crippen MR) is 163 cm³/mol. The summed E-state index contributed by atoms with van der Waals surface area (Å²) in [7, 11) is 2.65. The second-order valence-corrected chi connectivity index (χ2v) is 17.7. The largest absolute Gasteiger partial charge is 0.352 e. The van der Waals surface area contributed by atoms with E-state index in [1.807, 2.05) is 0 Å². The first-order valence-corrected chi connectivity index (χ1v) is 15.7. The molecule has 6 rings (SSSR count). The van der Waals surface area contributed by atoms with Gasteiger partial charge < -0.3 is 9.13 Å². The highest BCUT2D eigenvalue weighted by Gasteiger charge is 2.46. The van der Waals surface area contributed by atoms with Crippen LogP contribution in [0.15, 0.2) is 66.9 Å². The van der Waals surface area contributed by atoms with E-state index in [4.69, 9.17) is 0 Å². The van der Waals surface area contributed by atoms with Crippen LogP contribution in [0.4, 0.5) is 0 Å². The van der Waals surface area contributed by atoms with Crippen molar-refractivity contribution in [1.29, 1.82) is 0 Å². The highest BCUT2D eigenvalue weighted by Crippen LogP contribution is 2.43. The summed E-state index contributed by atoms with van der Waals surface area (Å²) in [6, 6.07) is 23.5. The van der Waals surface area contributed by atoms with Gasteiger partial charge in [0.2, 0.25) is 0 Å². The van der Waals surface area contributed by atoms with E-state index in [1.165, 1.54) is 54.1 Å². The van der Waals surface area contributed by atoms with Crippen LogP contribution < -0.4 is 5.32 Å². The minimum Gasteiger partial charge on any atom is -0.352 e. The molecule has 0 saturated carbocycles. The van der Waals surface area contributed by atoms with Crippen molar-refractivity contribution in [2.24, 2.45) is 14.1 Å². The summed E-state index contributed by atoms with van der Waals surface area (Å²) in [4.78, 5) is 0. The quantitative estimate of drug-likeness (QED) is 0.172. The van der Waals surface area contributed by atoms with Crippen molar-refractivity contribution in [2.45, 2.75) is 58.2 Å². The first kappa shape index (κ1) is 23.4. The Balaban J connectivity index is 1.67. The maximum Gasteiger partial charge on any atom is 0.115 e. The van der Waals surface area contributed by atoms with E-state index in [-0.39, 0.29) is 0 Å². The average molecular weight is 491 g/mol. The lowest BCUT2D eigenvalue weighted by Crippen LogP contribution is -2.57. The number of hydrogen-bond acceptors (Lipinski definition) is 0. The lowest BCUT2D eigenvalue weighted by Gasteiger charge is -2.43. The van der Waals surface area contributed by atoms with Gasteiger partial charge in [-0.05, 0) is 73.2 Å². The Morgan fingerprint density at radius 1 is 0.500 bits per heavy atom. The molecule has 3 heteroatoms. The molecule has 36 heavy (non-hydrogen) atoms. The molecule has 0 radical (unpaired) electrons. The molecule has 2 nitrogen and oxygen atoms in total. The van der Waals surface area contributed by atoms with Gasteiger partial charge in [-0.15, -0.1) is 0 Å². The van der Waals surface area contributed by atoms with Crippen molar-refractivity contribution in [2.75, 3.05) is 0 Å². The van der Waals surface area contributed by atoms with Gasteiger partial charge >= 0.3 is 0 Å². The molecule has 0 N–H and O–H groups in total. The number of aryl methyl sites for hydroxylation is 2. The highest BCUT2D eigenvalue weighted by atomic mass is 28.3. The van der Waals surface area contributed by atoms with E-state index in [0.717, 1.165) is 0 Å². The Kier molecular flexibility index (Phi) is 5.18. The first-order valence-electron chi connectivity index (χ1n) is 13.5. The Hall–Kier alpha value is -3.04. The van der Waals surface area contributed by atoms with E-state index in [0.29, 0.717) is 16.6 Å². The maximum absolute atomic E-state index is 2.57. The van der Waals surface area contributed by atoms with Gasteiger partial charge in [0, 0.05) is 47.4 Å². The van der Waals surface area contributed by atoms with Crippen LogP contribution in [-0.4, -0.2) is 17.2 Å². The van der Waals surface area contributed by atoms with Gasteiger partial charge in [-0.1, -0.05) is 77.9 Å². The molecule has 2 aromatic heterocycles. The Morgan fingerprint density at radius 2 is 0.917 bits per heavy atom. The van der Waals surface area contributed by atoms with Crippen LogP contribution in [0, 0.1) is 0 Å². The van der Waals surface area contributed by atoms with Gasteiger partial charge in [0.15, 0.2) is 0 Å². The molecular formula is C33H38N2Si. The normalized spacial score (nSPS) is 13.2.